The van der Waals surface area contributed by atoms with E-state index in [1.165, 1.54) is 0 Å². The number of rotatable bonds is 1. The summed E-state index contributed by atoms with van der Waals surface area (Å²) in [5.74, 6) is 0. The Morgan fingerprint density at radius 3 is 2.18 bits per heavy atom. The maximum absolute atomic E-state index is 5.88. The second kappa shape index (κ2) is 4.13. The van der Waals surface area contributed by atoms with E-state index in [9.17, 15) is 0 Å². The van der Waals surface area contributed by atoms with Gasteiger partial charge in [-0.05, 0) is 33.6 Å². The first-order valence-electron chi connectivity index (χ1n) is 2.85. The molecule has 0 aliphatic carbocycles. The zero-order valence-electron chi connectivity index (χ0n) is 5.37. The normalized spacial score (nSPS) is 10.2. The summed E-state index contributed by atoms with van der Waals surface area (Å²) in [5, 5.41) is 2.11. The molecule has 0 amide bonds. The van der Waals surface area contributed by atoms with E-state index in [-0.39, 0.29) is 0 Å². The Bertz CT molecular complexity index is 273. The van der Waals surface area contributed by atoms with Crippen LogP contribution in [-0.2, 0) is 5.33 Å². The Morgan fingerprint density at radius 2 is 1.73 bits per heavy atom. The Morgan fingerprint density at radius 1 is 1.18 bits per heavy atom. The molecule has 1 rings (SSSR count). The first kappa shape index (κ1) is 9.85. The molecule has 60 valence electrons. The van der Waals surface area contributed by atoms with E-state index >= 15 is 0 Å². The van der Waals surface area contributed by atoms with Gasteiger partial charge in [-0.1, -0.05) is 39.1 Å². The molecule has 4 heteroatoms. The minimum Gasteiger partial charge on any atom is -0.0875 e. The first-order chi connectivity index (χ1) is 5.16. The molecule has 0 saturated heterocycles. The third kappa shape index (κ3) is 2.11. The van der Waals surface area contributed by atoms with E-state index in [0.29, 0.717) is 10.4 Å². The van der Waals surface area contributed by atoms with E-state index in [1.807, 2.05) is 0 Å². The summed E-state index contributed by atoms with van der Waals surface area (Å²) in [5.41, 5.74) is 0.985. The molecule has 0 fully saturated rings. The summed E-state index contributed by atoms with van der Waals surface area (Å²) in [6, 6.07) is 3.55. The molecular formula is C7H4Br2Cl2. The monoisotopic (exact) mass is 316 g/mol. The van der Waals surface area contributed by atoms with Crippen LogP contribution in [0.25, 0.3) is 0 Å². The van der Waals surface area contributed by atoms with Crippen molar-refractivity contribution in [2.75, 3.05) is 0 Å². The zero-order chi connectivity index (χ0) is 8.43. The maximum Gasteiger partial charge on any atom is 0.0552 e. The average Bonchev–Trinajstić information content (AvgIpc) is 1.99. The predicted octanol–water partition coefficient (Wildman–Crippen LogP) is 4.65. The van der Waals surface area contributed by atoms with Crippen molar-refractivity contribution in [2.45, 2.75) is 5.33 Å². The molecule has 0 nitrogen and oxygen atoms in total. The van der Waals surface area contributed by atoms with Gasteiger partial charge in [0.15, 0.2) is 0 Å². The summed E-state index contributed by atoms with van der Waals surface area (Å²) in [4.78, 5) is 0. The molecule has 0 unspecified atom stereocenters. The third-order valence-corrected chi connectivity index (χ3v) is 3.64. The molecule has 0 saturated carbocycles. The highest BCUT2D eigenvalue weighted by atomic mass is 79.9. The van der Waals surface area contributed by atoms with E-state index in [4.69, 9.17) is 23.2 Å². The topological polar surface area (TPSA) is 0 Å². The van der Waals surface area contributed by atoms with Gasteiger partial charge in [0.25, 0.3) is 0 Å². The van der Waals surface area contributed by atoms with Crippen LogP contribution in [0.1, 0.15) is 5.56 Å². The van der Waals surface area contributed by atoms with Crippen molar-refractivity contribution in [2.24, 2.45) is 0 Å². The van der Waals surface area contributed by atoms with Gasteiger partial charge in [-0.15, -0.1) is 0 Å². The smallest absolute Gasteiger partial charge is 0.0552 e. The van der Waals surface area contributed by atoms with Gasteiger partial charge in [-0.2, -0.15) is 0 Å². The van der Waals surface area contributed by atoms with Gasteiger partial charge in [0.1, 0.15) is 0 Å². The minimum absolute atomic E-state index is 0.684. The molecule has 0 heterocycles. The highest BCUT2D eigenvalue weighted by molar-refractivity contribution is 9.10. The quantitative estimate of drug-likeness (QED) is 0.522. The van der Waals surface area contributed by atoms with E-state index < -0.39 is 0 Å². The number of halogens is 4. The van der Waals surface area contributed by atoms with Gasteiger partial charge < -0.3 is 0 Å². The van der Waals surface area contributed by atoms with Gasteiger partial charge in [-0.3, -0.25) is 0 Å². The van der Waals surface area contributed by atoms with Crippen LogP contribution in [0.2, 0.25) is 10.0 Å². The van der Waals surface area contributed by atoms with Crippen LogP contribution in [0.4, 0.5) is 0 Å². The molecule has 0 radical (unpaired) electrons. The Hall–Kier alpha value is 0.760. The largest absolute Gasteiger partial charge is 0.0875 e. The molecule has 1 aromatic carbocycles. The SMILES string of the molecule is Clc1ccc(Cl)c(CBr)c1Br. The van der Waals surface area contributed by atoms with Crippen molar-refractivity contribution in [1.29, 1.82) is 0 Å². The fourth-order valence-corrected chi connectivity index (χ4v) is 2.81. The van der Waals surface area contributed by atoms with E-state index in [0.717, 1.165) is 15.1 Å². The van der Waals surface area contributed by atoms with Crippen molar-refractivity contribution in [3.8, 4) is 0 Å². The summed E-state index contributed by atoms with van der Waals surface area (Å²) in [6.45, 7) is 0. The van der Waals surface area contributed by atoms with E-state index in [2.05, 4.69) is 31.9 Å². The lowest BCUT2D eigenvalue weighted by Gasteiger charge is -2.03. The van der Waals surface area contributed by atoms with Crippen LogP contribution in [0.3, 0.4) is 0 Å². The number of hydrogen-bond donors (Lipinski definition) is 0. The average molecular weight is 319 g/mol. The van der Waals surface area contributed by atoms with E-state index in [1.54, 1.807) is 12.1 Å². The lowest BCUT2D eigenvalue weighted by molar-refractivity contribution is 1.40. The van der Waals surface area contributed by atoms with Crippen molar-refractivity contribution < 1.29 is 0 Å². The number of benzene rings is 1. The van der Waals surface area contributed by atoms with Crippen LogP contribution in [0.5, 0.6) is 0 Å². The molecule has 0 spiro atoms. The van der Waals surface area contributed by atoms with Gasteiger partial charge in [0, 0.05) is 14.8 Å². The summed E-state index contributed by atoms with van der Waals surface area (Å²) >= 11 is 18.4. The lowest BCUT2D eigenvalue weighted by atomic mass is 10.2. The molecule has 0 N–H and O–H groups in total. The molecular weight excluding hydrogens is 315 g/mol. The second-order valence-corrected chi connectivity index (χ2v) is 4.12. The summed E-state index contributed by atoms with van der Waals surface area (Å²) in [7, 11) is 0. The summed E-state index contributed by atoms with van der Waals surface area (Å²) in [6.07, 6.45) is 0. The van der Waals surface area contributed by atoms with Crippen LogP contribution in [0, 0.1) is 0 Å². The molecule has 0 aromatic heterocycles. The first-order valence-corrected chi connectivity index (χ1v) is 5.52. The zero-order valence-corrected chi connectivity index (χ0v) is 10.1. The Labute approximate surface area is 92.1 Å². The fourth-order valence-electron chi connectivity index (χ4n) is 0.692. The van der Waals surface area contributed by atoms with Crippen LogP contribution in [0.15, 0.2) is 16.6 Å². The van der Waals surface area contributed by atoms with Crippen molar-refractivity contribution in [3.63, 3.8) is 0 Å². The van der Waals surface area contributed by atoms with Crippen molar-refractivity contribution in [3.05, 3.63) is 32.2 Å². The van der Waals surface area contributed by atoms with Gasteiger partial charge in [0.2, 0.25) is 0 Å². The van der Waals surface area contributed by atoms with Crippen molar-refractivity contribution >= 4 is 55.1 Å². The lowest BCUT2D eigenvalue weighted by Crippen LogP contribution is -1.82. The van der Waals surface area contributed by atoms with Gasteiger partial charge >= 0.3 is 0 Å². The van der Waals surface area contributed by atoms with Crippen molar-refractivity contribution in [1.82, 2.24) is 0 Å². The van der Waals surface area contributed by atoms with Crippen LogP contribution < -0.4 is 0 Å². The number of alkyl halides is 1. The Kier molecular flexibility index (Phi) is 3.69. The molecule has 0 aliphatic heterocycles. The van der Waals surface area contributed by atoms with Gasteiger partial charge in [-0.25, -0.2) is 0 Å². The fraction of sp³-hybridized carbons (Fsp3) is 0.143. The number of hydrogen-bond acceptors (Lipinski definition) is 0. The van der Waals surface area contributed by atoms with Crippen LogP contribution in [-0.4, -0.2) is 0 Å². The summed E-state index contributed by atoms with van der Waals surface area (Å²) < 4.78 is 0.864. The third-order valence-electron chi connectivity index (χ3n) is 1.27. The molecule has 0 atom stereocenters. The Balaban J connectivity index is 3.29. The predicted molar refractivity (Wildman–Crippen MR) is 56.8 cm³/mol. The van der Waals surface area contributed by atoms with Gasteiger partial charge in [0.05, 0.1) is 5.02 Å². The molecule has 1 aromatic rings. The van der Waals surface area contributed by atoms with Crippen LogP contribution >= 0.6 is 55.1 Å². The highest BCUT2D eigenvalue weighted by Crippen LogP contribution is 2.32. The highest BCUT2D eigenvalue weighted by Gasteiger charge is 2.06. The minimum atomic E-state index is 0.684. The maximum atomic E-state index is 5.88. The molecule has 11 heavy (non-hydrogen) atoms. The second-order valence-electron chi connectivity index (χ2n) is 1.96. The molecule has 0 aliphatic rings. The molecule has 0 bridgehead atoms. The standard InChI is InChI=1S/C7H4Br2Cl2/c8-3-4-5(10)1-2-6(11)7(4)9/h1-2H,3H2.